The lowest BCUT2D eigenvalue weighted by molar-refractivity contribution is -0.714. The second-order valence-electron chi connectivity index (χ2n) is 21.9. The van der Waals surface area contributed by atoms with Crippen molar-refractivity contribution in [3.63, 3.8) is 0 Å². The van der Waals surface area contributed by atoms with Crippen molar-refractivity contribution in [2.75, 3.05) is 0 Å². The van der Waals surface area contributed by atoms with E-state index < -0.39 is 8.07 Å². The average molecular weight is 848 g/mol. The minimum absolute atomic E-state index is 0.179. The highest BCUT2D eigenvalue weighted by molar-refractivity contribution is 6.89. The van der Waals surface area contributed by atoms with Gasteiger partial charge >= 0.3 is 0 Å². The molecule has 2 unspecified atom stereocenters. The Balaban J connectivity index is 1.28. The van der Waals surface area contributed by atoms with E-state index in [1.54, 1.807) is 5.19 Å². The first-order chi connectivity index (χ1) is 30.3. The van der Waals surface area contributed by atoms with Gasteiger partial charge in [0.25, 0.3) is 5.65 Å². The van der Waals surface area contributed by atoms with E-state index in [2.05, 4.69) is 178 Å². The SMILES string of the molecule is C=C/C(=C(\CC)[n+]1c2ccccc2n2c3c(c4cc5oc6ccc(C7CCCCC7)cc6c5cc4c21)C1c2ccccc2-c2cc(CC(C)(C)C)c([Si](C)(C)C)c[n+]2C1C3)C(C)C. The van der Waals surface area contributed by atoms with Crippen LogP contribution >= 0.6 is 0 Å². The molecule has 0 saturated heterocycles. The molecular formula is C58H65N3OSi+2. The third kappa shape index (κ3) is 6.26. The number of allylic oxidation sites excluding steroid dienone is 3. The zero-order valence-corrected chi connectivity index (χ0v) is 40.2. The fourth-order valence-corrected chi connectivity index (χ4v) is 14.2. The van der Waals surface area contributed by atoms with Crippen LogP contribution in [0.5, 0.6) is 0 Å². The third-order valence-corrected chi connectivity index (χ3v) is 17.2. The lowest BCUT2D eigenvalue weighted by Gasteiger charge is -2.30. The molecule has 0 radical (unpaired) electrons. The van der Waals surface area contributed by atoms with Crippen LogP contribution in [0.15, 0.2) is 114 Å². The summed E-state index contributed by atoms with van der Waals surface area (Å²) in [5.74, 6) is 1.14. The number of hydrogen-bond donors (Lipinski definition) is 0. The Morgan fingerprint density at radius 3 is 2.35 bits per heavy atom. The van der Waals surface area contributed by atoms with E-state index in [1.807, 2.05) is 0 Å². The van der Waals surface area contributed by atoms with E-state index in [4.69, 9.17) is 4.42 Å². The predicted octanol–water partition coefficient (Wildman–Crippen LogP) is 14.3. The first kappa shape index (κ1) is 40.5. The molecule has 320 valence electrons. The molecule has 0 amide bonds. The average Bonchev–Trinajstić information content (AvgIpc) is 3.94. The molecule has 8 aromatic rings. The standard InChI is InChI=1S/C58H65N3OSi/c1-11-39(35(3)4)46(12-2)60-47-24-18-19-25-48(47)61-51-32-50-55(41-23-17-16-22-40(41)49-29-38(33-58(5,6)7)54(34-59(49)50)63(8,9)10)56(51)44-31-53-43(30-45(44)57(60)61)42-28-37(26-27-52(42)62-53)36-20-14-13-15-21-36/h11,16-19,22-31,34-36,50,55H,1,12-15,20-21,32-33H2,2-10H3/q+2/b46-39-. The fourth-order valence-electron chi connectivity index (χ4n) is 12.5. The van der Waals surface area contributed by atoms with Gasteiger partial charge in [0, 0.05) is 39.4 Å². The van der Waals surface area contributed by atoms with Crippen LogP contribution in [-0.2, 0) is 12.8 Å². The van der Waals surface area contributed by atoms with Gasteiger partial charge in [-0.15, -0.1) is 0 Å². The van der Waals surface area contributed by atoms with Gasteiger partial charge in [-0.25, -0.2) is 0 Å². The highest BCUT2D eigenvalue weighted by atomic mass is 28.3. The molecule has 1 saturated carbocycles. The quantitative estimate of drug-likeness (QED) is 0.0891. The van der Waals surface area contributed by atoms with Crippen molar-refractivity contribution in [3.05, 3.63) is 137 Å². The Hall–Kier alpha value is -5.26. The second kappa shape index (κ2) is 14.6. The number of hydrogen-bond acceptors (Lipinski definition) is 1. The van der Waals surface area contributed by atoms with Crippen molar-refractivity contribution < 1.29 is 13.6 Å². The Bertz CT molecular complexity index is 3230. The molecule has 4 nitrogen and oxygen atoms in total. The third-order valence-electron chi connectivity index (χ3n) is 15.1. The summed E-state index contributed by atoms with van der Waals surface area (Å²) in [6, 6.07) is 33.4. The maximum atomic E-state index is 6.95. The van der Waals surface area contributed by atoms with Gasteiger partial charge in [0.05, 0.1) is 31.4 Å². The molecule has 5 heterocycles. The molecule has 0 bridgehead atoms. The molecule has 1 aliphatic heterocycles. The van der Waals surface area contributed by atoms with Gasteiger partial charge in [-0.05, 0) is 101 Å². The van der Waals surface area contributed by atoms with E-state index in [-0.39, 0.29) is 17.4 Å². The highest BCUT2D eigenvalue weighted by Crippen LogP contribution is 2.53. The van der Waals surface area contributed by atoms with Crippen LogP contribution in [0.25, 0.3) is 66.3 Å². The molecule has 4 aromatic heterocycles. The van der Waals surface area contributed by atoms with Crippen molar-refractivity contribution in [2.45, 2.75) is 130 Å². The summed E-state index contributed by atoms with van der Waals surface area (Å²) in [4.78, 5) is 0. The zero-order chi connectivity index (χ0) is 43.7. The molecule has 0 N–H and O–H groups in total. The first-order valence-electron chi connectivity index (χ1n) is 24.1. The van der Waals surface area contributed by atoms with Crippen LogP contribution in [0.2, 0.25) is 19.6 Å². The zero-order valence-electron chi connectivity index (χ0n) is 39.2. The molecule has 1 fully saturated rings. The maximum absolute atomic E-state index is 6.95. The summed E-state index contributed by atoms with van der Waals surface area (Å²) in [6.07, 6.45) is 14.2. The smallest absolute Gasteiger partial charge is 0.300 e. The van der Waals surface area contributed by atoms with Crippen LogP contribution in [-0.4, -0.2) is 12.5 Å². The summed E-state index contributed by atoms with van der Waals surface area (Å²) in [5, 5.41) is 6.65. The molecule has 4 aromatic carbocycles. The van der Waals surface area contributed by atoms with E-state index in [0.717, 1.165) is 30.4 Å². The molecule has 11 rings (SSSR count). The van der Waals surface area contributed by atoms with Crippen molar-refractivity contribution in [2.24, 2.45) is 11.3 Å². The number of pyridine rings is 2. The Labute approximate surface area is 375 Å². The fraction of sp³-hybridized carbons (Fsp3) is 0.379. The van der Waals surface area contributed by atoms with Crippen LogP contribution in [0, 0.1) is 11.3 Å². The van der Waals surface area contributed by atoms with Crippen LogP contribution < -0.4 is 14.3 Å². The van der Waals surface area contributed by atoms with E-state index in [1.165, 1.54) is 121 Å². The summed E-state index contributed by atoms with van der Waals surface area (Å²) in [5.41, 5.74) is 18.6. The number of imidazole rings is 1. The van der Waals surface area contributed by atoms with Crippen molar-refractivity contribution >= 4 is 68.3 Å². The van der Waals surface area contributed by atoms with Gasteiger partial charge in [0.15, 0.2) is 23.3 Å². The molecule has 3 aliphatic rings. The molecule has 2 atom stereocenters. The van der Waals surface area contributed by atoms with Crippen molar-refractivity contribution in [1.82, 2.24) is 4.40 Å². The van der Waals surface area contributed by atoms with Crippen LogP contribution in [0.4, 0.5) is 0 Å². The molecular weight excluding hydrogens is 783 g/mol. The lowest BCUT2D eigenvalue weighted by atomic mass is 9.80. The van der Waals surface area contributed by atoms with Gasteiger partial charge in [0.2, 0.25) is 5.69 Å². The van der Waals surface area contributed by atoms with Gasteiger partial charge in [-0.2, -0.15) is 13.5 Å². The molecule has 2 aliphatic carbocycles. The monoisotopic (exact) mass is 847 g/mol. The Morgan fingerprint density at radius 2 is 1.62 bits per heavy atom. The van der Waals surface area contributed by atoms with Gasteiger partial charge < -0.3 is 4.42 Å². The Morgan fingerprint density at radius 1 is 0.873 bits per heavy atom. The summed E-state index contributed by atoms with van der Waals surface area (Å²) < 4.78 is 15.0. The Kier molecular flexibility index (Phi) is 9.41. The van der Waals surface area contributed by atoms with Crippen LogP contribution in [0.3, 0.4) is 0 Å². The van der Waals surface area contributed by atoms with E-state index in [9.17, 15) is 0 Å². The van der Waals surface area contributed by atoms with E-state index >= 15 is 0 Å². The van der Waals surface area contributed by atoms with Crippen molar-refractivity contribution in [1.29, 1.82) is 0 Å². The number of rotatable bonds is 7. The minimum atomic E-state index is -1.73. The summed E-state index contributed by atoms with van der Waals surface area (Å²) in [7, 11) is -1.73. The van der Waals surface area contributed by atoms with E-state index in [0.29, 0.717) is 11.8 Å². The number of furan rings is 1. The van der Waals surface area contributed by atoms with Gasteiger partial charge in [0.1, 0.15) is 22.6 Å². The maximum Gasteiger partial charge on any atom is 0.300 e. The number of nitrogens with zero attached hydrogens (tertiary/aromatic N) is 3. The topological polar surface area (TPSA) is 25.3 Å². The number of fused-ring (bicyclic) bond motifs is 18. The van der Waals surface area contributed by atoms with Crippen molar-refractivity contribution in [3.8, 4) is 11.3 Å². The molecule has 0 spiro atoms. The lowest BCUT2D eigenvalue weighted by Crippen LogP contribution is -2.53. The molecule has 5 heteroatoms. The van der Waals surface area contributed by atoms with Crippen LogP contribution in [0.1, 0.15) is 126 Å². The number of para-hydroxylation sites is 2. The number of benzene rings is 4. The normalized spacial score (nSPS) is 18.4. The highest BCUT2D eigenvalue weighted by Gasteiger charge is 2.51. The summed E-state index contributed by atoms with van der Waals surface area (Å²) >= 11 is 0. The summed E-state index contributed by atoms with van der Waals surface area (Å²) in [6.45, 7) is 26.1. The minimum Gasteiger partial charge on any atom is -0.456 e. The largest absolute Gasteiger partial charge is 0.456 e. The first-order valence-corrected chi connectivity index (χ1v) is 27.6. The number of aromatic nitrogens is 3. The predicted molar refractivity (Wildman–Crippen MR) is 267 cm³/mol. The second-order valence-corrected chi connectivity index (χ2v) is 26.9. The van der Waals surface area contributed by atoms with Gasteiger partial charge in [-0.1, -0.05) is 129 Å². The van der Waals surface area contributed by atoms with Gasteiger partial charge in [-0.3, -0.25) is 0 Å². The molecule has 63 heavy (non-hydrogen) atoms.